The second kappa shape index (κ2) is 2.97. The van der Waals surface area contributed by atoms with Gasteiger partial charge in [0.05, 0.1) is 0 Å². The number of likely N-dealkylation sites (N-methyl/N-ethyl adjacent to an activating group) is 1. The second-order valence-corrected chi connectivity index (χ2v) is 3.31. The molecule has 2 aliphatic rings. The largest absolute Gasteiger partial charge is 0.352 e. The topological polar surface area (TPSA) is 69.7 Å². The molecule has 2 fully saturated rings. The SMILES string of the molecule is CCN1C(=O)C2CNC(=O)CN2C1=O. The lowest BCUT2D eigenvalue weighted by atomic mass is 10.2. The number of fused-ring (bicyclic) bond motifs is 1. The lowest BCUT2D eigenvalue weighted by molar-refractivity contribution is -0.130. The summed E-state index contributed by atoms with van der Waals surface area (Å²) in [5, 5.41) is 2.57. The zero-order valence-electron chi connectivity index (χ0n) is 7.82. The summed E-state index contributed by atoms with van der Waals surface area (Å²) < 4.78 is 0. The molecule has 1 N–H and O–H groups in total. The van der Waals surface area contributed by atoms with Crippen molar-refractivity contribution in [2.24, 2.45) is 0 Å². The van der Waals surface area contributed by atoms with Crippen LogP contribution in [-0.2, 0) is 9.59 Å². The van der Waals surface area contributed by atoms with E-state index in [0.29, 0.717) is 6.54 Å². The molecule has 0 aliphatic carbocycles. The van der Waals surface area contributed by atoms with Crippen molar-refractivity contribution < 1.29 is 14.4 Å². The Morgan fingerprint density at radius 2 is 2.14 bits per heavy atom. The average molecular weight is 197 g/mol. The van der Waals surface area contributed by atoms with Crippen molar-refractivity contribution in [3.63, 3.8) is 0 Å². The Kier molecular flexibility index (Phi) is 1.90. The zero-order valence-corrected chi connectivity index (χ0v) is 7.82. The molecule has 0 radical (unpaired) electrons. The Morgan fingerprint density at radius 1 is 1.43 bits per heavy atom. The molecule has 2 saturated heterocycles. The number of nitrogens with zero attached hydrogens (tertiary/aromatic N) is 2. The minimum Gasteiger partial charge on any atom is -0.352 e. The fourth-order valence-corrected chi connectivity index (χ4v) is 1.78. The molecule has 6 heteroatoms. The standard InChI is InChI=1S/C8H11N3O3/c1-2-10-7(13)5-3-9-6(12)4-11(5)8(10)14/h5H,2-4H2,1H3,(H,9,12). The van der Waals surface area contributed by atoms with Gasteiger partial charge in [-0.3, -0.25) is 14.5 Å². The second-order valence-electron chi connectivity index (χ2n) is 3.31. The molecule has 0 aromatic rings. The van der Waals surface area contributed by atoms with Gasteiger partial charge in [0, 0.05) is 13.1 Å². The summed E-state index contributed by atoms with van der Waals surface area (Å²) in [5.41, 5.74) is 0. The van der Waals surface area contributed by atoms with E-state index in [9.17, 15) is 14.4 Å². The van der Waals surface area contributed by atoms with Crippen LogP contribution in [0.2, 0.25) is 0 Å². The van der Waals surface area contributed by atoms with Gasteiger partial charge in [-0.1, -0.05) is 0 Å². The first-order valence-electron chi connectivity index (χ1n) is 4.53. The third kappa shape index (κ3) is 1.07. The van der Waals surface area contributed by atoms with E-state index in [1.54, 1.807) is 6.92 Å². The predicted octanol–water partition coefficient (Wildman–Crippen LogP) is -1.23. The molecule has 0 aromatic carbocycles. The average Bonchev–Trinajstić information content (AvgIpc) is 2.39. The minimum atomic E-state index is -0.486. The molecule has 1 unspecified atom stereocenters. The van der Waals surface area contributed by atoms with Gasteiger partial charge in [-0.2, -0.15) is 0 Å². The summed E-state index contributed by atoms with van der Waals surface area (Å²) in [5.74, 6) is -0.419. The normalized spacial score (nSPS) is 26.6. The van der Waals surface area contributed by atoms with E-state index in [1.807, 2.05) is 0 Å². The Balaban J connectivity index is 2.25. The van der Waals surface area contributed by atoms with Gasteiger partial charge >= 0.3 is 6.03 Å². The Morgan fingerprint density at radius 3 is 2.79 bits per heavy atom. The quantitative estimate of drug-likeness (QED) is 0.535. The van der Waals surface area contributed by atoms with Crippen molar-refractivity contribution in [1.82, 2.24) is 15.1 Å². The Bertz CT molecular complexity index is 315. The first-order chi connectivity index (χ1) is 6.65. The smallest absolute Gasteiger partial charge is 0.327 e. The summed E-state index contributed by atoms with van der Waals surface area (Å²) in [6.45, 7) is 2.33. The number of carbonyl (C=O) groups is 3. The molecule has 0 spiro atoms. The maximum atomic E-state index is 11.6. The molecule has 4 amide bonds. The van der Waals surface area contributed by atoms with Crippen LogP contribution in [0, 0.1) is 0 Å². The first-order valence-corrected chi connectivity index (χ1v) is 4.53. The molecule has 2 rings (SSSR count). The number of hydrogen-bond donors (Lipinski definition) is 1. The van der Waals surface area contributed by atoms with Gasteiger partial charge in [-0.05, 0) is 6.92 Å². The van der Waals surface area contributed by atoms with Crippen molar-refractivity contribution >= 4 is 17.8 Å². The van der Waals surface area contributed by atoms with Gasteiger partial charge in [0.2, 0.25) is 5.91 Å². The van der Waals surface area contributed by atoms with Crippen LogP contribution in [0.1, 0.15) is 6.92 Å². The van der Waals surface area contributed by atoms with E-state index in [4.69, 9.17) is 0 Å². The molecular formula is C8H11N3O3. The third-order valence-electron chi connectivity index (χ3n) is 2.53. The van der Waals surface area contributed by atoms with E-state index in [2.05, 4.69) is 5.32 Å². The first kappa shape index (κ1) is 8.98. The van der Waals surface area contributed by atoms with E-state index in [-0.39, 0.29) is 30.9 Å². The van der Waals surface area contributed by atoms with Gasteiger partial charge in [-0.25, -0.2) is 4.79 Å². The van der Waals surface area contributed by atoms with Gasteiger partial charge in [0.1, 0.15) is 12.6 Å². The number of piperazine rings is 1. The van der Waals surface area contributed by atoms with Crippen molar-refractivity contribution in [3.8, 4) is 0 Å². The van der Waals surface area contributed by atoms with Crippen molar-refractivity contribution in [2.45, 2.75) is 13.0 Å². The number of amides is 4. The number of nitrogens with one attached hydrogen (secondary N) is 1. The highest BCUT2D eigenvalue weighted by atomic mass is 16.2. The van der Waals surface area contributed by atoms with E-state index in [0.717, 1.165) is 0 Å². The van der Waals surface area contributed by atoms with Crippen LogP contribution in [0.25, 0.3) is 0 Å². The van der Waals surface area contributed by atoms with Crippen LogP contribution >= 0.6 is 0 Å². The van der Waals surface area contributed by atoms with Crippen molar-refractivity contribution in [1.29, 1.82) is 0 Å². The minimum absolute atomic E-state index is 0.00819. The molecule has 2 heterocycles. The molecular weight excluding hydrogens is 186 g/mol. The highest BCUT2D eigenvalue weighted by Gasteiger charge is 2.46. The van der Waals surface area contributed by atoms with Gasteiger partial charge in [-0.15, -0.1) is 0 Å². The summed E-state index contributed by atoms with van der Waals surface area (Å²) in [4.78, 5) is 36.7. The third-order valence-corrected chi connectivity index (χ3v) is 2.53. The summed E-state index contributed by atoms with van der Waals surface area (Å²) in [6.07, 6.45) is 0. The molecule has 14 heavy (non-hydrogen) atoms. The van der Waals surface area contributed by atoms with Crippen LogP contribution in [0.5, 0.6) is 0 Å². The van der Waals surface area contributed by atoms with Crippen LogP contribution < -0.4 is 5.32 Å². The summed E-state index contributed by atoms with van der Waals surface area (Å²) in [7, 11) is 0. The Labute approximate surface area is 80.8 Å². The van der Waals surface area contributed by atoms with Crippen LogP contribution in [0.4, 0.5) is 4.79 Å². The van der Waals surface area contributed by atoms with Crippen molar-refractivity contribution in [3.05, 3.63) is 0 Å². The molecule has 0 saturated carbocycles. The van der Waals surface area contributed by atoms with E-state index >= 15 is 0 Å². The fraction of sp³-hybridized carbons (Fsp3) is 0.625. The van der Waals surface area contributed by atoms with E-state index < -0.39 is 6.04 Å². The summed E-state index contributed by atoms with van der Waals surface area (Å²) in [6, 6.07) is -0.836. The Hall–Kier alpha value is -1.59. The number of urea groups is 1. The maximum absolute atomic E-state index is 11.6. The van der Waals surface area contributed by atoms with Crippen LogP contribution in [0.15, 0.2) is 0 Å². The van der Waals surface area contributed by atoms with Gasteiger partial charge < -0.3 is 10.2 Å². The number of rotatable bonds is 1. The lowest BCUT2D eigenvalue weighted by Gasteiger charge is -2.26. The monoisotopic (exact) mass is 197 g/mol. The van der Waals surface area contributed by atoms with Gasteiger partial charge in [0.15, 0.2) is 0 Å². The highest BCUT2D eigenvalue weighted by molar-refractivity contribution is 6.06. The van der Waals surface area contributed by atoms with Crippen LogP contribution in [-0.4, -0.2) is 53.3 Å². The molecule has 6 nitrogen and oxygen atoms in total. The highest BCUT2D eigenvalue weighted by Crippen LogP contribution is 2.18. The van der Waals surface area contributed by atoms with Gasteiger partial charge in [0.25, 0.3) is 5.91 Å². The number of hydrogen-bond acceptors (Lipinski definition) is 3. The number of carbonyl (C=O) groups excluding carboxylic acids is 3. The number of imide groups is 1. The van der Waals surface area contributed by atoms with E-state index in [1.165, 1.54) is 9.80 Å². The molecule has 0 aromatic heterocycles. The molecule has 1 atom stereocenters. The molecule has 0 bridgehead atoms. The maximum Gasteiger partial charge on any atom is 0.327 e. The predicted molar refractivity (Wildman–Crippen MR) is 46.3 cm³/mol. The summed E-state index contributed by atoms with van der Waals surface area (Å²) >= 11 is 0. The molecule has 76 valence electrons. The van der Waals surface area contributed by atoms with Crippen molar-refractivity contribution in [2.75, 3.05) is 19.6 Å². The molecule has 2 aliphatic heterocycles. The van der Waals surface area contributed by atoms with Crippen LogP contribution in [0.3, 0.4) is 0 Å². The fourth-order valence-electron chi connectivity index (χ4n) is 1.78. The zero-order chi connectivity index (χ0) is 10.3. The lowest BCUT2D eigenvalue weighted by Crippen LogP contribution is -2.54.